The van der Waals surface area contributed by atoms with E-state index >= 15 is 0 Å². The number of carbonyl (C=O) groups is 1. The maximum atomic E-state index is 12.4. The number of halogens is 1. The van der Waals surface area contributed by atoms with E-state index in [9.17, 15) is 4.79 Å². The van der Waals surface area contributed by atoms with Crippen LogP contribution in [0.25, 0.3) is 0 Å². The van der Waals surface area contributed by atoms with Crippen molar-refractivity contribution in [2.75, 3.05) is 29.0 Å². The van der Waals surface area contributed by atoms with Gasteiger partial charge in [0.25, 0.3) is 5.91 Å². The lowest BCUT2D eigenvalue weighted by molar-refractivity contribution is 0.102. The Bertz CT molecular complexity index is 651. The van der Waals surface area contributed by atoms with E-state index < -0.39 is 0 Å². The molecule has 2 rings (SSSR count). The molecule has 0 heterocycles. The number of rotatable bonds is 5. The lowest BCUT2D eigenvalue weighted by Gasteiger charge is -2.24. The molecule has 0 atom stereocenters. The number of amides is 1. The van der Waals surface area contributed by atoms with Crippen molar-refractivity contribution in [3.63, 3.8) is 0 Å². The van der Waals surface area contributed by atoms with Crippen LogP contribution in [0.2, 0.25) is 0 Å². The van der Waals surface area contributed by atoms with Crippen molar-refractivity contribution in [3.05, 3.63) is 51.6 Å². The lowest BCUT2D eigenvalue weighted by Crippen LogP contribution is -2.24. The SMILES string of the molecule is CCN(CC)c1ccc(N)cc1NC(=O)c1ccc(I)cc1. The molecule has 0 saturated carbocycles. The Morgan fingerprint density at radius 2 is 1.77 bits per heavy atom. The molecule has 1 amide bonds. The Kier molecular flexibility index (Phi) is 5.65. The summed E-state index contributed by atoms with van der Waals surface area (Å²) in [5.74, 6) is -0.129. The molecule has 5 heteroatoms. The molecule has 0 aliphatic rings. The molecule has 4 nitrogen and oxygen atoms in total. The average molecular weight is 409 g/mol. The molecule has 0 radical (unpaired) electrons. The number of nitrogens with zero attached hydrogens (tertiary/aromatic N) is 1. The van der Waals surface area contributed by atoms with Crippen molar-refractivity contribution in [1.82, 2.24) is 0 Å². The maximum Gasteiger partial charge on any atom is 0.255 e. The van der Waals surface area contributed by atoms with E-state index in [-0.39, 0.29) is 5.91 Å². The van der Waals surface area contributed by atoms with Gasteiger partial charge in [0.15, 0.2) is 0 Å². The molecule has 0 unspecified atom stereocenters. The standard InChI is InChI=1S/C17H20IN3O/c1-3-21(4-2)16-10-9-14(19)11-15(16)20-17(22)12-5-7-13(18)8-6-12/h5-11H,3-4,19H2,1-2H3,(H,20,22). The number of nitrogens with one attached hydrogen (secondary N) is 1. The van der Waals surface area contributed by atoms with Crippen LogP contribution in [0.5, 0.6) is 0 Å². The second-order valence-corrected chi connectivity index (χ2v) is 6.16. The highest BCUT2D eigenvalue weighted by Gasteiger charge is 2.13. The Hall–Kier alpha value is -1.76. The molecule has 0 spiro atoms. The van der Waals surface area contributed by atoms with Crippen LogP contribution in [0.3, 0.4) is 0 Å². The molecule has 0 fully saturated rings. The number of hydrogen-bond acceptors (Lipinski definition) is 3. The van der Waals surface area contributed by atoms with Gasteiger partial charge in [0.2, 0.25) is 0 Å². The predicted octanol–water partition coefficient (Wildman–Crippen LogP) is 3.97. The number of nitrogen functional groups attached to an aromatic ring is 1. The molecular formula is C17H20IN3O. The highest BCUT2D eigenvalue weighted by atomic mass is 127. The molecule has 0 aliphatic carbocycles. The molecule has 2 aromatic carbocycles. The van der Waals surface area contributed by atoms with Crippen LogP contribution in [-0.2, 0) is 0 Å². The van der Waals surface area contributed by atoms with Crippen LogP contribution in [-0.4, -0.2) is 19.0 Å². The first kappa shape index (κ1) is 16.6. The number of benzene rings is 2. The van der Waals surface area contributed by atoms with Crippen LogP contribution in [0.4, 0.5) is 17.1 Å². The van der Waals surface area contributed by atoms with E-state index in [1.54, 1.807) is 6.07 Å². The number of anilines is 3. The summed E-state index contributed by atoms with van der Waals surface area (Å²) in [4.78, 5) is 14.6. The summed E-state index contributed by atoms with van der Waals surface area (Å²) in [6, 6.07) is 13.1. The first-order valence-corrected chi connectivity index (χ1v) is 8.34. The topological polar surface area (TPSA) is 58.4 Å². The monoisotopic (exact) mass is 409 g/mol. The fourth-order valence-electron chi connectivity index (χ4n) is 2.29. The summed E-state index contributed by atoms with van der Waals surface area (Å²) in [6.45, 7) is 5.91. The predicted molar refractivity (Wildman–Crippen MR) is 102 cm³/mol. The van der Waals surface area contributed by atoms with Crippen molar-refractivity contribution in [1.29, 1.82) is 0 Å². The first-order chi connectivity index (χ1) is 10.5. The Balaban J connectivity index is 2.29. The van der Waals surface area contributed by atoms with E-state index in [2.05, 4.69) is 46.7 Å². The average Bonchev–Trinajstić information content (AvgIpc) is 2.51. The molecule has 0 aliphatic heterocycles. The summed E-state index contributed by atoms with van der Waals surface area (Å²) in [5, 5.41) is 2.97. The Labute approximate surface area is 144 Å². The van der Waals surface area contributed by atoms with Gasteiger partial charge in [-0.05, 0) is 78.9 Å². The van der Waals surface area contributed by atoms with Gasteiger partial charge in [-0.15, -0.1) is 0 Å². The van der Waals surface area contributed by atoms with Gasteiger partial charge in [-0.25, -0.2) is 0 Å². The minimum absolute atomic E-state index is 0.129. The van der Waals surface area contributed by atoms with Crippen molar-refractivity contribution in [3.8, 4) is 0 Å². The van der Waals surface area contributed by atoms with Crippen molar-refractivity contribution in [2.45, 2.75) is 13.8 Å². The summed E-state index contributed by atoms with van der Waals surface area (Å²) in [7, 11) is 0. The third-order valence-electron chi connectivity index (χ3n) is 3.48. The zero-order valence-corrected chi connectivity index (χ0v) is 14.9. The summed E-state index contributed by atoms with van der Waals surface area (Å²) in [6.07, 6.45) is 0. The Morgan fingerprint density at radius 1 is 1.14 bits per heavy atom. The second kappa shape index (κ2) is 7.49. The van der Waals surface area contributed by atoms with Gasteiger partial charge in [-0.2, -0.15) is 0 Å². The van der Waals surface area contributed by atoms with Gasteiger partial charge in [-0.3, -0.25) is 4.79 Å². The van der Waals surface area contributed by atoms with Crippen molar-refractivity contribution >= 4 is 45.6 Å². The van der Waals surface area contributed by atoms with E-state index in [0.29, 0.717) is 11.3 Å². The molecule has 0 saturated heterocycles. The smallest absolute Gasteiger partial charge is 0.255 e. The molecule has 3 N–H and O–H groups in total. The third-order valence-corrected chi connectivity index (χ3v) is 4.20. The number of hydrogen-bond donors (Lipinski definition) is 2. The molecule has 0 bridgehead atoms. The van der Waals surface area contributed by atoms with E-state index in [4.69, 9.17) is 5.73 Å². The quantitative estimate of drug-likeness (QED) is 0.581. The largest absolute Gasteiger partial charge is 0.399 e. The van der Waals surface area contributed by atoms with Gasteiger partial charge in [0.1, 0.15) is 0 Å². The highest BCUT2D eigenvalue weighted by molar-refractivity contribution is 14.1. The fraction of sp³-hybridized carbons (Fsp3) is 0.235. The van der Waals surface area contributed by atoms with E-state index in [0.717, 1.165) is 28.0 Å². The maximum absolute atomic E-state index is 12.4. The summed E-state index contributed by atoms with van der Waals surface area (Å²) < 4.78 is 1.10. The minimum Gasteiger partial charge on any atom is -0.399 e. The molecule has 2 aromatic rings. The van der Waals surface area contributed by atoms with Crippen LogP contribution < -0.4 is 16.0 Å². The van der Waals surface area contributed by atoms with Gasteiger partial charge < -0.3 is 16.0 Å². The molecule has 22 heavy (non-hydrogen) atoms. The van der Waals surface area contributed by atoms with Gasteiger partial charge in [0, 0.05) is 27.9 Å². The molecular weight excluding hydrogens is 389 g/mol. The minimum atomic E-state index is -0.129. The summed E-state index contributed by atoms with van der Waals surface area (Å²) >= 11 is 2.22. The number of nitrogens with two attached hydrogens (primary N) is 1. The van der Waals surface area contributed by atoms with Crippen molar-refractivity contribution in [2.24, 2.45) is 0 Å². The lowest BCUT2D eigenvalue weighted by atomic mass is 10.1. The van der Waals surface area contributed by atoms with Crippen LogP contribution >= 0.6 is 22.6 Å². The van der Waals surface area contributed by atoms with Crippen LogP contribution in [0.1, 0.15) is 24.2 Å². The first-order valence-electron chi connectivity index (χ1n) is 7.26. The number of carbonyl (C=O) groups excluding carboxylic acids is 1. The fourth-order valence-corrected chi connectivity index (χ4v) is 2.65. The third kappa shape index (κ3) is 3.91. The summed E-state index contributed by atoms with van der Waals surface area (Å²) in [5.41, 5.74) is 8.87. The van der Waals surface area contributed by atoms with Gasteiger partial charge in [-0.1, -0.05) is 0 Å². The van der Waals surface area contributed by atoms with Gasteiger partial charge in [0.05, 0.1) is 11.4 Å². The second-order valence-electron chi connectivity index (χ2n) is 4.91. The Morgan fingerprint density at radius 3 is 2.36 bits per heavy atom. The van der Waals surface area contributed by atoms with Gasteiger partial charge >= 0.3 is 0 Å². The van der Waals surface area contributed by atoms with Crippen LogP contribution in [0.15, 0.2) is 42.5 Å². The van der Waals surface area contributed by atoms with E-state index in [1.165, 1.54) is 0 Å². The van der Waals surface area contributed by atoms with Crippen molar-refractivity contribution < 1.29 is 4.79 Å². The van der Waals surface area contributed by atoms with Crippen LogP contribution in [0, 0.1) is 3.57 Å². The molecule has 0 aromatic heterocycles. The zero-order valence-electron chi connectivity index (χ0n) is 12.8. The molecule has 116 valence electrons. The normalized spacial score (nSPS) is 10.3. The van der Waals surface area contributed by atoms with E-state index in [1.807, 2.05) is 36.4 Å². The highest BCUT2D eigenvalue weighted by Crippen LogP contribution is 2.28. The zero-order chi connectivity index (χ0) is 16.1.